The largest absolute Gasteiger partial charge is 0.440 e. The van der Waals surface area contributed by atoms with E-state index < -0.39 is 0 Å². The molecule has 150 valence electrons. The van der Waals surface area contributed by atoms with Crippen molar-refractivity contribution >= 4 is 34.5 Å². The highest BCUT2D eigenvalue weighted by atomic mass is 32.2. The SMILES string of the molecule is Cc1nc(SCC(=O)Nc2ccc3oc(C(C)(C)C)nc3c2)c(C#N)c(C)c1C. The molecule has 0 radical (unpaired) electrons. The summed E-state index contributed by atoms with van der Waals surface area (Å²) in [6.07, 6.45) is 0. The number of oxazole rings is 1. The number of aromatic nitrogens is 2. The summed E-state index contributed by atoms with van der Waals surface area (Å²) in [5, 5.41) is 12.9. The second kappa shape index (κ2) is 7.88. The zero-order chi connectivity index (χ0) is 21.3. The van der Waals surface area contributed by atoms with E-state index in [0.717, 1.165) is 16.8 Å². The summed E-state index contributed by atoms with van der Waals surface area (Å²) in [7, 11) is 0. The first-order valence-corrected chi connectivity index (χ1v) is 10.3. The number of carbonyl (C=O) groups excluding carboxylic acids is 1. The van der Waals surface area contributed by atoms with Gasteiger partial charge in [0.2, 0.25) is 11.8 Å². The van der Waals surface area contributed by atoms with Gasteiger partial charge in [-0.3, -0.25) is 4.79 Å². The minimum Gasteiger partial charge on any atom is -0.440 e. The molecule has 2 heterocycles. The highest BCUT2D eigenvalue weighted by Gasteiger charge is 2.21. The topological polar surface area (TPSA) is 91.8 Å². The number of amides is 1. The molecular formula is C22H24N4O2S. The molecule has 1 amide bonds. The maximum Gasteiger partial charge on any atom is 0.234 e. The Balaban J connectivity index is 1.73. The lowest BCUT2D eigenvalue weighted by molar-refractivity contribution is -0.113. The summed E-state index contributed by atoms with van der Waals surface area (Å²) in [5.74, 6) is 0.649. The van der Waals surface area contributed by atoms with Gasteiger partial charge in [-0.2, -0.15) is 5.26 Å². The summed E-state index contributed by atoms with van der Waals surface area (Å²) in [6.45, 7) is 11.9. The molecule has 1 aromatic carbocycles. The van der Waals surface area contributed by atoms with Gasteiger partial charge in [-0.15, -0.1) is 0 Å². The van der Waals surface area contributed by atoms with Gasteiger partial charge in [0.25, 0.3) is 0 Å². The first-order chi connectivity index (χ1) is 13.6. The number of nitriles is 1. The molecule has 0 aliphatic rings. The quantitative estimate of drug-likeness (QED) is 0.608. The molecule has 0 aliphatic carbocycles. The van der Waals surface area contributed by atoms with E-state index in [-0.39, 0.29) is 17.1 Å². The number of rotatable bonds is 4. The number of fused-ring (bicyclic) bond motifs is 1. The Kier molecular flexibility index (Phi) is 5.67. The Labute approximate surface area is 174 Å². The Hall–Kier alpha value is -2.85. The van der Waals surface area contributed by atoms with Gasteiger partial charge < -0.3 is 9.73 Å². The first kappa shape index (κ1) is 20.9. The first-order valence-electron chi connectivity index (χ1n) is 9.31. The van der Waals surface area contributed by atoms with Gasteiger partial charge in [0.05, 0.1) is 11.3 Å². The predicted octanol–water partition coefficient (Wildman–Crippen LogP) is 5.05. The highest BCUT2D eigenvalue weighted by molar-refractivity contribution is 8.00. The van der Waals surface area contributed by atoms with Crippen molar-refractivity contribution in [3.8, 4) is 6.07 Å². The Morgan fingerprint density at radius 1 is 1.21 bits per heavy atom. The molecule has 1 N–H and O–H groups in total. The fourth-order valence-corrected chi connectivity index (χ4v) is 3.69. The maximum atomic E-state index is 12.4. The molecule has 2 aromatic heterocycles. The molecule has 0 saturated heterocycles. The van der Waals surface area contributed by atoms with E-state index in [2.05, 4.69) is 21.4 Å². The third-order valence-corrected chi connectivity index (χ3v) is 5.70. The van der Waals surface area contributed by atoms with Crippen LogP contribution in [-0.4, -0.2) is 21.6 Å². The van der Waals surface area contributed by atoms with Crippen molar-refractivity contribution in [2.45, 2.75) is 52.0 Å². The summed E-state index contributed by atoms with van der Waals surface area (Å²) >= 11 is 1.27. The van der Waals surface area contributed by atoms with Crippen LogP contribution in [0.2, 0.25) is 0 Å². The van der Waals surface area contributed by atoms with Crippen LogP contribution in [0.15, 0.2) is 27.6 Å². The third-order valence-electron chi connectivity index (χ3n) is 4.73. The molecule has 0 saturated carbocycles. The van der Waals surface area contributed by atoms with Crippen LogP contribution in [0.4, 0.5) is 5.69 Å². The van der Waals surface area contributed by atoms with E-state index in [1.807, 2.05) is 47.6 Å². The highest BCUT2D eigenvalue weighted by Crippen LogP contribution is 2.28. The molecule has 0 bridgehead atoms. The Morgan fingerprint density at radius 3 is 2.59 bits per heavy atom. The van der Waals surface area contributed by atoms with Crippen molar-refractivity contribution in [2.24, 2.45) is 0 Å². The molecular weight excluding hydrogens is 384 g/mol. The van der Waals surface area contributed by atoms with Gasteiger partial charge in [0.1, 0.15) is 16.6 Å². The van der Waals surface area contributed by atoms with Crippen LogP contribution >= 0.6 is 11.8 Å². The smallest absolute Gasteiger partial charge is 0.234 e. The van der Waals surface area contributed by atoms with Crippen molar-refractivity contribution in [3.63, 3.8) is 0 Å². The molecule has 0 unspecified atom stereocenters. The van der Waals surface area contributed by atoms with E-state index in [1.165, 1.54) is 11.8 Å². The second-order valence-corrected chi connectivity index (χ2v) is 8.99. The van der Waals surface area contributed by atoms with Gasteiger partial charge in [0.15, 0.2) is 5.58 Å². The van der Waals surface area contributed by atoms with Crippen LogP contribution in [0, 0.1) is 32.1 Å². The van der Waals surface area contributed by atoms with E-state index in [4.69, 9.17) is 4.42 Å². The summed E-state index contributed by atoms with van der Waals surface area (Å²) in [6, 6.07) is 7.61. The molecule has 3 aromatic rings. The van der Waals surface area contributed by atoms with Crippen LogP contribution in [0.25, 0.3) is 11.1 Å². The molecule has 0 spiro atoms. The number of hydrogen-bond acceptors (Lipinski definition) is 6. The number of hydrogen-bond donors (Lipinski definition) is 1. The Bertz CT molecular complexity index is 1140. The number of pyridine rings is 1. The monoisotopic (exact) mass is 408 g/mol. The normalized spacial score (nSPS) is 11.5. The summed E-state index contributed by atoms with van der Waals surface area (Å²) in [5.41, 5.74) is 5.19. The lowest BCUT2D eigenvalue weighted by Gasteiger charge is -2.11. The van der Waals surface area contributed by atoms with Crippen LogP contribution in [0.3, 0.4) is 0 Å². The molecule has 0 atom stereocenters. The van der Waals surface area contributed by atoms with E-state index in [0.29, 0.717) is 33.3 Å². The van der Waals surface area contributed by atoms with Crippen molar-refractivity contribution in [1.29, 1.82) is 5.26 Å². The minimum absolute atomic E-state index is 0.160. The lowest BCUT2D eigenvalue weighted by Crippen LogP contribution is -2.14. The second-order valence-electron chi connectivity index (χ2n) is 8.03. The van der Waals surface area contributed by atoms with Gasteiger partial charge in [-0.1, -0.05) is 32.5 Å². The van der Waals surface area contributed by atoms with Crippen LogP contribution in [0.5, 0.6) is 0 Å². The molecule has 3 rings (SSSR count). The zero-order valence-corrected chi connectivity index (χ0v) is 18.3. The number of benzene rings is 1. The van der Waals surface area contributed by atoms with Crippen molar-refractivity contribution in [3.05, 3.63) is 46.5 Å². The number of carbonyl (C=O) groups is 1. The van der Waals surface area contributed by atoms with E-state index >= 15 is 0 Å². The number of anilines is 1. The fourth-order valence-electron chi connectivity index (χ4n) is 2.80. The van der Waals surface area contributed by atoms with Gasteiger partial charge in [-0.25, -0.2) is 9.97 Å². The predicted molar refractivity (Wildman–Crippen MR) is 115 cm³/mol. The van der Waals surface area contributed by atoms with Crippen LogP contribution < -0.4 is 5.32 Å². The summed E-state index contributed by atoms with van der Waals surface area (Å²) < 4.78 is 5.79. The fraction of sp³-hybridized carbons (Fsp3) is 0.364. The summed E-state index contributed by atoms with van der Waals surface area (Å²) in [4.78, 5) is 21.5. The van der Waals surface area contributed by atoms with Crippen LogP contribution in [-0.2, 0) is 10.2 Å². The Morgan fingerprint density at radius 2 is 1.93 bits per heavy atom. The molecule has 29 heavy (non-hydrogen) atoms. The molecule has 6 nitrogen and oxygen atoms in total. The number of aryl methyl sites for hydroxylation is 1. The molecule has 0 fully saturated rings. The maximum absolute atomic E-state index is 12.4. The lowest BCUT2D eigenvalue weighted by atomic mass is 9.97. The molecule has 0 aliphatic heterocycles. The average Bonchev–Trinajstić information content (AvgIpc) is 3.08. The van der Waals surface area contributed by atoms with Crippen molar-refractivity contribution < 1.29 is 9.21 Å². The number of nitrogens with zero attached hydrogens (tertiary/aromatic N) is 3. The number of thioether (sulfide) groups is 1. The number of nitrogens with one attached hydrogen (secondary N) is 1. The zero-order valence-electron chi connectivity index (χ0n) is 17.5. The molecule has 7 heteroatoms. The van der Waals surface area contributed by atoms with E-state index in [1.54, 1.807) is 12.1 Å². The minimum atomic E-state index is -0.186. The third kappa shape index (κ3) is 4.43. The average molecular weight is 409 g/mol. The van der Waals surface area contributed by atoms with Gasteiger partial charge in [-0.05, 0) is 50.1 Å². The van der Waals surface area contributed by atoms with Crippen molar-refractivity contribution in [2.75, 3.05) is 11.1 Å². The standard InChI is InChI=1S/C22H24N4O2S/c1-12-13(2)16(10-23)20(24-14(12)3)29-11-19(27)25-15-7-8-18-17(9-15)26-21(28-18)22(4,5)6/h7-9H,11H2,1-6H3,(H,25,27). The van der Waals surface area contributed by atoms with Crippen LogP contribution in [0.1, 0.15) is 49.0 Å². The van der Waals surface area contributed by atoms with Crippen molar-refractivity contribution in [1.82, 2.24) is 9.97 Å². The van der Waals surface area contributed by atoms with E-state index in [9.17, 15) is 10.1 Å². The van der Waals surface area contributed by atoms with Gasteiger partial charge >= 0.3 is 0 Å². The van der Waals surface area contributed by atoms with Gasteiger partial charge in [0, 0.05) is 16.8 Å².